The predicted molar refractivity (Wildman–Crippen MR) is 249 cm³/mol. The number of carbonyl (C=O) groups is 4. The number of nitrogen functional groups attached to an aromatic ring is 2. The van der Waals surface area contributed by atoms with E-state index in [0.29, 0.717) is 78.4 Å². The van der Waals surface area contributed by atoms with Gasteiger partial charge in [-0.3, -0.25) is 0 Å². The number of H-pyrrole nitrogens is 1. The third-order valence-electron chi connectivity index (χ3n) is 9.45. The average molecular weight is 919 g/mol. The minimum Gasteiger partial charge on any atom is -0.483 e. The number of amides is 2. The number of nitriles is 1. The summed E-state index contributed by atoms with van der Waals surface area (Å²) in [7, 11) is 2.67. The maximum absolute atomic E-state index is 12.5. The first kappa shape index (κ1) is 49.7. The van der Waals surface area contributed by atoms with Gasteiger partial charge in [-0.25, -0.2) is 43.5 Å². The second kappa shape index (κ2) is 21.6. The van der Waals surface area contributed by atoms with Gasteiger partial charge in [0.25, 0.3) is 0 Å². The molecule has 21 heteroatoms. The van der Waals surface area contributed by atoms with Gasteiger partial charge in [0, 0.05) is 24.2 Å². The molecule has 0 atom stereocenters. The van der Waals surface area contributed by atoms with Crippen LogP contribution in [0.1, 0.15) is 80.6 Å². The summed E-state index contributed by atoms with van der Waals surface area (Å²) < 4.78 is 26.5. The number of fused-ring (bicyclic) bond motifs is 1. The molecule has 67 heavy (non-hydrogen) atoms. The maximum atomic E-state index is 12.5. The number of ether oxygens (including phenoxy) is 5. The topological polar surface area (TPSA) is 281 Å². The van der Waals surface area contributed by atoms with E-state index in [-0.39, 0.29) is 18.1 Å². The Hall–Kier alpha value is -8.28. The Morgan fingerprint density at radius 2 is 1.31 bits per heavy atom. The van der Waals surface area contributed by atoms with Gasteiger partial charge in [0.2, 0.25) is 12.1 Å². The van der Waals surface area contributed by atoms with Gasteiger partial charge in [-0.05, 0) is 83.9 Å². The van der Waals surface area contributed by atoms with E-state index in [0.717, 1.165) is 28.7 Å². The minimum atomic E-state index is -0.577. The molecule has 2 aliphatic heterocycles. The Balaban J connectivity index is 0.000000221. The molecule has 2 aliphatic rings. The zero-order valence-corrected chi connectivity index (χ0v) is 38.8. The van der Waals surface area contributed by atoms with Crippen molar-refractivity contribution >= 4 is 59.1 Å². The Morgan fingerprint density at radius 1 is 0.791 bits per heavy atom. The SMILES string of the molecule is CCOC=NC#N.COC(=O)c1ccc(-c2nc(C3=CCN(C(=O)OC(C)(C)C)C3)c3ncnc(N)n23)cc1.COC(=O)c1ccc(-c2nc(N)c(C3=CCN(C(=O)OC(C)(C)C)C3)[nH]2)cc1. The van der Waals surface area contributed by atoms with E-state index in [1.54, 1.807) is 68.9 Å². The molecule has 0 saturated heterocycles. The number of hydrogen-bond donors (Lipinski definition) is 3. The third-order valence-corrected chi connectivity index (χ3v) is 9.45. The smallest absolute Gasteiger partial charge is 0.410 e. The predicted octanol–water partition coefficient (Wildman–Crippen LogP) is 6.41. The van der Waals surface area contributed by atoms with Crippen molar-refractivity contribution in [3.05, 3.63) is 89.5 Å². The van der Waals surface area contributed by atoms with Crippen LogP contribution in [0.15, 0.2) is 72.0 Å². The first-order chi connectivity index (χ1) is 31.8. The van der Waals surface area contributed by atoms with E-state index in [1.807, 2.05) is 60.6 Å². The van der Waals surface area contributed by atoms with Crippen molar-refractivity contribution in [1.29, 1.82) is 5.26 Å². The number of esters is 2. The van der Waals surface area contributed by atoms with Crippen LogP contribution in [-0.4, -0.2) is 128 Å². The first-order valence-corrected chi connectivity index (χ1v) is 20.9. The maximum Gasteiger partial charge on any atom is 0.410 e. The second-order valence-electron chi connectivity index (χ2n) is 16.6. The highest BCUT2D eigenvalue weighted by molar-refractivity contribution is 5.91. The Labute approximate surface area is 387 Å². The van der Waals surface area contributed by atoms with Crippen LogP contribution < -0.4 is 11.5 Å². The van der Waals surface area contributed by atoms with Gasteiger partial charge in [0.05, 0.1) is 50.7 Å². The van der Waals surface area contributed by atoms with Crippen molar-refractivity contribution in [2.24, 2.45) is 4.99 Å². The number of nitrogens with zero attached hydrogens (tertiary/aromatic N) is 9. The molecular formula is C46H54N12O9. The lowest BCUT2D eigenvalue weighted by atomic mass is 10.1. The highest BCUT2D eigenvalue weighted by Crippen LogP contribution is 2.31. The average Bonchev–Trinajstić information content (AvgIpc) is 4.12. The number of aromatic nitrogens is 6. The van der Waals surface area contributed by atoms with Crippen LogP contribution in [0.3, 0.4) is 0 Å². The lowest BCUT2D eigenvalue weighted by molar-refractivity contribution is 0.0295. The van der Waals surface area contributed by atoms with Crippen LogP contribution >= 0.6 is 0 Å². The Morgan fingerprint density at radius 3 is 1.82 bits per heavy atom. The number of benzene rings is 2. The number of carbonyl (C=O) groups excluding carboxylic acids is 4. The number of rotatable bonds is 8. The molecule has 5 aromatic rings. The number of nitrogens with one attached hydrogen (secondary N) is 1. The van der Waals surface area contributed by atoms with Crippen LogP contribution in [-0.2, 0) is 23.7 Å². The molecule has 2 aromatic carbocycles. The van der Waals surface area contributed by atoms with Crippen LogP contribution in [0, 0.1) is 11.5 Å². The van der Waals surface area contributed by atoms with Crippen LogP contribution in [0.2, 0.25) is 0 Å². The van der Waals surface area contributed by atoms with Crippen molar-refractivity contribution in [2.45, 2.75) is 59.7 Å². The van der Waals surface area contributed by atoms with E-state index in [2.05, 4.69) is 29.7 Å². The lowest BCUT2D eigenvalue weighted by Crippen LogP contribution is -2.35. The molecule has 3 aromatic heterocycles. The van der Waals surface area contributed by atoms with Crippen molar-refractivity contribution < 1.29 is 42.9 Å². The molecule has 2 amide bonds. The van der Waals surface area contributed by atoms with E-state index in [1.165, 1.54) is 20.5 Å². The number of imidazole rings is 2. The second-order valence-corrected chi connectivity index (χ2v) is 16.6. The molecule has 21 nitrogen and oxygen atoms in total. The number of nitrogens with two attached hydrogens (primary N) is 2. The standard InChI is InChI=1S/C22H24N6O4.C20H24N4O4.C4H6N2O/c1-22(2,3)32-21(30)27-10-9-15(11-27)16-18-24-12-25-20(23)28(18)17(26-16)13-5-7-14(8-6-13)19(29)31-4;1-20(2,3)28-19(26)24-10-9-14(11-24)15-16(21)23-17(22-15)12-5-7-13(8-6-12)18(25)27-4;1-2-7-4-6-3-5/h5-9,12H,10-11H2,1-4H3,(H2,23,24,25);5-9H,10-11,21H2,1-4H3,(H,22,23);4H,2H2,1H3. The normalized spacial score (nSPS) is 13.4. The van der Waals surface area contributed by atoms with Crippen molar-refractivity contribution in [3.8, 4) is 29.0 Å². The molecule has 0 bridgehead atoms. The molecule has 0 spiro atoms. The number of hydrogen-bond acceptors (Lipinski definition) is 17. The summed E-state index contributed by atoms with van der Waals surface area (Å²) in [6.07, 6.45) is 7.15. The molecule has 5 heterocycles. The molecule has 0 radical (unpaired) electrons. The highest BCUT2D eigenvalue weighted by atomic mass is 16.6. The molecule has 352 valence electrons. The zero-order valence-electron chi connectivity index (χ0n) is 38.8. The van der Waals surface area contributed by atoms with E-state index < -0.39 is 23.1 Å². The van der Waals surface area contributed by atoms with Crippen LogP contribution in [0.4, 0.5) is 21.4 Å². The number of aromatic amines is 1. The number of methoxy groups -OCH3 is 2. The van der Waals surface area contributed by atoms with Crippen molar-refractivity contribution in [2.75, 3.05) is 58.5 Å². The van der Waals surface area contributed by atoms with Crippen molar-refractivity contribution in [3.63, 3.8) is 0 Å². The summed E-state index contributed by atoms with van der Waals surface area (Å²) >= 11 is 0. The van der Waals surface area contributed by atoms with E-state index in [4.69, 9.17) is 40.7 Å². The van der Waals surface area contributed by atoms with Gasteiger partial charge < -0.3 is 49.9 Å². The fourth-order valence-corrected chi connectivity index (χ4v) is 6.41. The third kappa shape index (κ3) is 12.9. The van der Waals surface area contributed by atoms with Gasteiger partial charge >= 0.3 is 24.1 Å². The minimum absolute atomic E-state index is 0.225. The summed E-state index contributed by atoms with van der Waals surface area (Å²) in [4.78, 5) is 75.2. The van der Waals surface area contributed by atoms with E-state index >= 15 is 0 Å². The first-order valence-electron chi connectivity index (χ1n) is 20.9. The lowest BCUT2D eigenvalue weighted by Gasteiger charge is -2.24. The van der Waals surface area contributed by atoms with Gasteiger partial charge in [-0.1, -0.05) is 36.4 Å². The summed E-state index contributed by atoms with van der Waals surface area (Å²) in [6.45, 7) is 15.0. The summed E-state index contributed by atoms with van der Waals surface area (Å²) in [5.41, 5.74) is 17.0. The monoisotopic (exact) mass is 918 g/mol. The molecule has 5 N–H and O–H groups in total. The molecule has 0 saturated carbocycles. The molecule has 0 aliphatic carbocycles. The van der Waals surface area contributed by atoms with Gasteiger partial charge in [-0.15, -0.1) is 4.99 Å². The van der Waals surface area contributed by atoms with Gasteiger partial charge in [-0.2, -0.15) is 5.26 Å². The van der Waals surface area contributed by atoms with Gasteiger partial charge in [0.1, 0.15) is 40.7 Å². The van der Waals surface area contributed by atoms with Gasteiger partial charge in [0.15, 0.2) is 12.0 Å². The summed E-state index contributed by atoms with van der Waals surface area (Å²) in [5.74, 6) is 0.866. The number of anilines is 2. The Bertz CT molecular complexity index is 2720. The Kier molecular flexibility index (Phi) is 16.0. The fourth-order valence-electron chi connectivity index (χ4n) is 6.41. The fraction of sp³-hybridized carbons (Fsp3) is 0.348. The largest absolute Gasteiger partial charge is 0.483 e. The zero-order chi connectivity index (χ0) is 49.1. The van der Waals surface area contributed by atoms with Crippen molar-refractivity contribution in [1.82, 2.24) is 39.1 Å². The highest BCUT2D eigenvalue weighted by Gasteiger charge is 2.30. The van der Waals surface area contributed by atoms with Crippen LogP contribution in [0.25, 0.3) is 39.6 Å². The summed E-state index contributed by atoms with van der Waals surface area (Å²) in [6, 6.07) is 13.7. The molecule has 7 rings (SSSR count). The quantitative estimate of drug-likeness (QED) is 0.0499. The number of aliphatic imine (C=N–C) groups is 1. The molecule has 0 unspecified atom stereocenters. The molecule has 0 fully saturated rings. The van der Waals surface area contributed by atoms with Crippen LogP contribution in [0.5, 0.6) is 0 Å². The molecular weight excluding hydrogens is 865 g/mol. The summed E-state index contributed by atoms with van der Waals surface area (Å²) in [5, 5.41) is 7.76. The van der Waals surface area contributed by atoms with E-state index in [9.17, 15) is 19.2 Å².